The van der Waals surface area contributed by atoms with E-state index in [-0.39, 0.29) is 23.4 Å². The number of benzene rings is 1. The molecule has 0 saturated carbocycles. The number of halogens is 2. The fourth-order valence-corrected chi connectivity index (χ4v) is 2.06. The molecule has 86 valence electrons. The van der Waals surface area contributed by atoms with E-state index in [1.807, 2.05) is 13.8 Å². The van der Waals surface area contributed by atoms with Crippen LogP contribution in [0.1, 0.15) is 35.7 Å². The van der Waals surface area contributed by atoms with Gasteiger partial charge in [0.25, 0.3) is 0 Å². The topological polar surface area (TPSA) is 26.3 Å². The van der Waals surface area contributed by atoms with Gasteiger partial charge >= 0.3 is 6.61 Å². The van der Waals surface area contributed by atoms with Crippen LogP contribution in [0.2, 0.25) is 0 Å². The van der Waals surface area contributed by atoms with Gasteiger partial charge in [-0.2, -0.15) is 8.78 Å². The lowest BCUT2D eigenvalue weighted by Crippen LogP contribution is -2.06. The Hall–Kier alpha value is -1.45. The number of Topliss-reactive ketones (excluding diaryl/α,β-unsaturated/α-hetero) is 1. The molecule has 2 rings (SSSR count). The maximum absolute atomic E-state index is 12.0. The van der Waals surface area contributed by atoms with E-state index in [1.165, 1.54) is 12.1 Å². The van der Waals surface area contributed by atoms with Crippen molar-refractivity contribution in [3.05, 3.63) is 29.3 Å². The highest BCUT2D eigenvalue weighted by atomic mass is 19.3. The highest BCUT2D eigenvalue weighted by molar-refractivity contribution is 6.03. The predicted molar refractivity (Wildman–Crippen MR) is 55.0 cm³/mol. The van der Waals surface area contributed by atoms with Crippen LogP contribution in [0.15, 0.2) is 18.2 Å². The summed E-state index contributed by atoms with van der Waals surface area (Å²) in [6, 6.07) is 4.58. The molecule has 0 fully saturated rings. The SMILES string of the molecule is CC1C(=O)c2cc(OC(F)F)ccc2C1C. The number of alkyl halides is 2. The average Bonchev–Trinajstić information content (AvgIpc) is 2.43. The highest BCUT2D eigenvalue weighted by Crippen LogP contribution is 2.38. The van der Waals surface area contributed by atoms with Gasteiger partial charge in [-0.1, -0.05) is 19.9 Å². The van der Waals surface area contributed by atoms with Gasteiger partial charge in [-0.25, -0.2) is 0 Å². The Bertz CT molecular complexity index is 429. The molecule has 1 aliphatic carbocycles. The first-order chi connectivity index (χ1) is 7.50. The molecule has 2 atom stereocenters. The van der Waals surface area contributed by atoms with Gasteiger partial charge in [0.15, 0.2) is 5.78 Å². The molecule has 4 heteroatoms. The molecule has 0 heterocycles. The van der Waals surface area contributed by atoms with Crippen molar-refractivity contribution in [3.63, 3.8) is 0 Å². The normalized spacial score (nSPS) is 23.7. The second-order valence-electron chi connectivity index (χ2n) is 4.07. The van der Waals surface area contributed by atoms with Crippen LogP contribution in [-0.4, -0.2) is 12.4 Å². The van der Waals surface area contributed by atoms with Crippen LogP contribution in [0, 0.1) is 5.92 Å². The predicted octanol–water partition coefficient (Wildman–Crippen LogP) is 3.22. The van der Waals surface area contributed by atoms with Gasteiger partial charge < -0.3 is 4.74 Å². The van der Waals surface area contributed by atoms with Crippen molar-refractivity contribution in [2.75, 3.05) is 0 Å². The largest absolute Gasteiger partial charge is 0.435 e. The van der Waals surface area contributed by atoms with Crippen LogP contribution in [0.4, 0.5) is 8.78 Å². The number of rotatable bonds is 2. The lowest BCUT2D eigenvalue weighted by atomic mass is 9.96. The summed E-state index contributed by atoms with van der Waals surface area (Å²) >= 11 is 0. The minimum absolute atomic E-state index is 0.00205. The van der Waals surface area contributed by atoms with Crippen LogP contribution >= 0.6 is 0 Å². The molecule has 0 aromatic heterocycles. The number of ether oxygens (including phenoxy) is 1. The molecular weight excluding hydrogens is 214 g/mol. The third-order valence-electron chi connectivity index (χ3n) is 3.17. The van der Waals surface area contributed by atoms with Crippen molar-refractivity contribution in [1.82, 2.24) is 0 Å². The quantitative estimate of drug-likeness (QED) is 0.773. The van der Waals surface area contributed by atoms with Crippen LogP contribution in [0.3, 0.4) is 0 Å². The molecule has 0 aliphatic heterocycles. The van der Waals surface area contributed by atoms with E-state index >= 15 is 0 Å². The van der Waals surface area contributed by atoms with Crippen molar-refractivity contribution >= 4 is 5.78 Å². The summed E-state index contributed by atoms with van der Waals surface area (Å²) < 4.78 is 28.3. The Kier molecular flexibility index (Phi) is 2.66. The monoisotopic (exact) mass is 226 g/mol. The van der Waals surface area contributed by atoms with Crippen molar-refractivity contribution in [2.45, 2.75) is 26.4 Å². The maximum Gasteiger partial charge on any atom is 0.387 e. The molecule has 0 saturated heterocycles. The Morgan fingerprint density at radius 3 is 2.56 bits per heavy atom. The van der Waals surface area contributed by atoms with E-state index in [9.17, 15) is 13.6 Å². The number of hydrogen-bond donors (Lipinski definition) is 0. The van der Waals surface area contributed by atoms with Gasteiger partial charge in [-0.3, -0.25) is 4.79 Å². The van der Waals surface area contributed by atoms with Crippen LogP contribution in [0.5, 0.6) is 5.75 Å². The lowest BCUT2D eigenvalue weighted by molar-refractivity contribution is -0.0498. The van der Waals surface area contributed by atoms with E-state index in [2.05, 4.69) is 4.74 Å². The number of hydrogen-bond acceptors (Lipinski definition) is 2. The van der Waals surface area contributed by atoms with E-state index in [4.69, 9.17) is 0 Å². The second-order valence-corrected chi connectivity index (χ2v) is 4.07. The zero-order valence-corrected chi connectivity index (χ0v) is 9.04. The van der Waals surface area contributed by atoms with Crippen LogP contribution < -0.4 is 4.74 Å². The molecule has 1 aliphatic rings. The summed E-state index contributed by atoms with van der Waals surface area (Å²) in [7, 11) is 0. The number of ketones is 1. The first-order valence-corrected chi connectivity index (χ1v) is 5.13. The van der Waals surface area contributed by atoms with Gasteiger partial charge in [0, 0.05) is 11.5 Å². The van der Waals surface area contributed by atoms with Gasteiger partial charge in [-0.15, -0.1) is 0 Å². The molecule has 0 amide bonds. The summed E-state index contributed by atoms with van der Waals surface area (Å²) in [5.74, 6) is 0.102. The molecule has 16 heavy (non-hydrogen) atoms. The minimum Gasteiger partial charge on any atom is -0.435 e. The highest BCUT2D eigenvalue weighted by Gasteiger charge is 2.33. The smallest absolute Gasteiger partial charge is 0.387 e. The third kappa shape index (κ3) is 1.68. The standard InChI is InChI=1S/C12H12F2O2/c1-6-7(2)11(15)10-5-8(16-12(13)14)3-4-9(6)10/h3-7,12H,1-2H3. The van der Waals surface area contributed by atoms with Gasteiger partial charge in [0.05, 0.1) is 0 Å². The third-order valence-corrected chi connectivity index (χ3v) is 3.17. The van der Waals surface area contributed by atoms with Crippen molar-refractivity contribution in [1.29, 1.82) is 0 Å². The Balaban J connectivity index is 2.37. The van der Waals surface area contributed by atoms with E-state index in [0.29, 0.717) is 5.56 Å². The minimum atomic E-state index is -2.86. The molecule has 0 N–H and O–H groups in total. The first-order valence-electron chi connectivity index (χ1n) is 5.13. The van der Waals surface area contributed by atoms with E-state index in [1.54, 1.807) is 6.07 Å². The summed E-state index contributed by atoms with van der Waals surface area (Å²) in [6.45, 7) is 0.951. The Morgan fingerprint density at radius 2 is 1.94 bits per heavy atom. The molecule has 1 aromatic rings. The van der Waals surface area contributed by atoms with E-state index in [0.717, 1.165) is 5.56 Å². The summed E-state index contributed by atoms with van der Waals surface area (Å²) in [4.78, 5) is 11.8. The zero-order valence-electron chi connectivity index (χ0n) is 9.04. The summed E-state index contributed by atoms with van der Waals surface area (Å²) in [5, 5.41) is 0. The molecule has 0 radical (unpaired) electrons. The fourth-order valence-electron chi connectivity index (χ4n) is 2.06. The Labute approximate surface area is 92.2 Å². The van der Waals surface area contributed by atoms with Gasteiger partial charge in [0.1, 0.15) is 5.75 Å². The fraction of sp³-hybridized carbons (Fsp3) is 0.417. The molecule has 0 bridgehead atoms. The maximum atomic E-state index is 12.0. The van der Waals surface area contributed by atoms with Crippen LogP contribution in [-0.2, 0) is 0 Å². The first kappa shape index (κ1) is 11.0. The molecule has 2 nitrogen and oxygen atoms in total. The molecule has 0 spiro atoms. The van der Waals surface area contributed by atoms with Gasteiger partial charge in [0.2, 0.25) is 0 Å². The van der Waals surface area contributed by atoms with Crippen molar-refractivity contribution in [3.8, 4) is 5.75 Å². The average molecular weight is 226 g/mol. The van der Waals surface area contributed by atoms with Gasteiger partial charge in [-0.05, 0) is 23.6 Å². The summed E-state index contributed by atoms with van der Waals surface area (Å²) in [6.07, 6.45) is 0. The van der Waals surface area contributed by atoms with Crippen molar-refractivity contribution in [2.24, 2.45) is 5.92 Å². The number of carbonyl (C=O) groups excluding carboxylic acids is 1. The second kappa shape index (κ2) is 3.85. The van der Waals surface area contributed by atoms with Crippen molar-refractivity contribution < 1.29 is 18.3 Å². The summed E-state index contributed by atoms with van der Waals surface area (Å²) in [5.41, 5.74) is 1.43. The molecule has 2 unspecified atom stereocenters. The lowest BCUT2D eigenvalue weighted by Gasteiger charge is -2.08. The zero-order chi connectivity index (χ0) is 11.9. The number of carbonyl (C=O) groups is 1. The Morgan fingerprint density at radius 1 is 1.25 bits per heavy atom. The van der Waals surface area contributed by atoms with Crippen LogP contribution in [0.25, 0.3) is 0 Å². The number of fused-ring (bicyclic) bond motifs is 1. The van der Waals surface area contributed by atoms with E-state index < -0.39 is 6.61 Å². The molecule has 1 aromatic carbocycles. The molecular formula is C12H12F2O2.